The second-order valence-electron chi connectivity index (χ2n) is 10.4. The zero-order chi connectivity index (χ0) is 26.9. The van der Waals surface area contributed by atoms with Crippen molar-refractivity contribution in [1.82, 2.24) is 15.2 Å². The molecule has 1 aliphatic carbocycles. The van der Waals surface area contributed by atoms with Crippen LogP contribution < -0.4 is 10.1 Å². The quantitative estimate of drug-likeness (QED) is 0.436. The van der Waals surface area contributed by atoms with Crippen molar-refractivity contribution in [2.75, 3.05) is 13.1 Å². The number of piperidine rings is 1. The molecule has 1 saturated heterocycles. The molecule has 0 bridgehead atoms. The average Bonchev–Trinajstić information content (AvgIpc) is 3.30. The molecule has 5 rings (SSSR count). The van der Waals surface area contributed by atoms with Crippen LogP contribution in [0.4, 0.5) is 14.0 Å². The summed E-state index contributed by atoms with van der Waals surface area (Å²) in [4.78, 5) is 30.0. The highest BCUT2D eigenvalue weighted by Gasteiger charge is 2.59. The minimum atomic E-state index is -0.912. The van der Waals surface area contributed by atoms with Crippen LogP contribution in [0.5, 0.6) is 5.88 Å². The Labute approximate surface area is 220 Å². The molecule has 3 aromatic rings. The lowest BCUT2D eigenvalue weighted by molar-refractivity contribution is 0.129. The number of rotatable bonds is 8. The van der Waals surface area contributed by atoms with Crippen molar-refractivity contribution in [3.8, 4) is 5.88 Å². The van der Waals surface area contributed by atoms with Gasteiger partial charge in [-0.2, -0.15) is 0 Å². The standard InChI is InChI=1S/C29H30FN3O5/c1-29(2,32-27(34)37-17-19-6-4-3-5-7-19)20-13-22(12-18-8-10-21(30)11-9-18)31-25(14-20)38-26-23-15-33(28(35)36)16-24(23)26/h3-11,13-14,23-24,26H,12,15-17H2,1-2H3,(H,32,34)(H,35,36)/t23-,24?,26?/m1/s1. The Morgan fingerprint density at radius 3 is 2.39 bits per heavy atom. The number of fused-ring (bicyclic) bond motifs is 1. The summed E-state index contributed by atoms with van der Waals surface area (Å²) in [5, 5.41) is 12.2. The fourth-order valence-electron chi connectivity index (χ4n) is 4.91. The second kappa shape index (κ2) is 10.3. The van der Waals surface area contributed by atoms with E-state index < -0.39 is 17.7 Å². The van der Waals surface area contributed by atoms with Gasteiger partial charge in [0.1, 0.15) is 18.5 Å². The van der Waals surface area contributed by atoms with Crippen molar-refractivity contribution < 1.29 is 28.6 Å². The molecule has 3 atom stereocenters. The van der Waals surface area contributed by atoms with E-state index in [1.807, 2.05) is 50.2 Å². The van der Waals surface area contributed by atoms with Crippen molar-refractivity contribution in [3.05, 3.63) is 94.9 Å². The maximum absolute atomic E-state index is 13.4. The molecular weight excluding hydrogens is 489 g/mol. The summed E-state index contributed by atoms with van der Waals surface area (Å²) >= 11 is 0. The smallest absolute Gasteiger partial charge is 0.408 e. The number of benzene rings is 2. The van der Waals surface area contributed by atoms with Gasteiger partial charge in [0.25, 0.3) is 0 Å². The molecule has 2 aliphatic rings. The van der Waals surface area contributed by atoms with Crippen LogP contribution in [0, 0.1) is 17.7 Å². The fraction of sp³-hybridized carbons (Fsp3) is 0.345. The van der Waals surface area contributed by atoms with Crippen LogP contribution in [0.2, 0.25) is 0 Å². The number of carbonyl (C=O) groups excluding carboxylic acids is 1. The number of ether oxygens (including phenoxy) is 2. The van der Waals surface area contributed by atoms with Crippen LogP contribution >= 0.6 is 0 Å². The molecule has 2 unspecified atom stereocenters. The van der Waals surface area contributed by atoms with E-state index in [0.29, 0.717) is 31.1 Å². The highest BCUT2D eigenvalue weighted by molar-refractivity contribution is 5.68. The SMILES string of the molecule is CC(C)(NC(=O)OCc1ccccc1)c1cc(Cc2ccc(F)cc2)nc(OC2C3CN(C(=O)O)C[C@H]32)c1. The Kier molecular flexibility index (Phi) is 6.93. The summed E-state index contributed by atoms with van der Waals surface area (Å²) in [6, 6.07) is 19.4. The molecule has 2 fully saturated rings. The van der Waals surface area contributed by atoms with Crippen LogP contribution in [0.3, 0.4) is 0 Å². The molecule has 38 heavy (non-hydrogen) atoms. The van der Waals surface area contributed by atoms with Gasteiger partial charge in [0.2, 0.25) is 5.88 Å². The predicted octanol–water partition coefficient (Wildman–Crippen LogP) is 4.96. The average molecular weight is 520 g/mol. The molecule has 2 N–H and O–H groups in total. The van der Waals surface area contributed by atoms with Crippen LogP contribution in [-0.4, -0.2) is 46.4 Å². The molecule has 9 heteroatoms. The predicted molar refractivity (Wildman–Crippen MR) is 137 cm³/mol. The first-order valence-corrected chi connectivity index (χ1v) is 12.6. The Bertz CT molecular complexity index is 1300. The van der Waals surface area contributed by atoms with Gasteiger partial charge in [0.15, 0.2) is 0 Å². The van der Waals surface area contributed by atoms with Crippen LogP contribution in [0.25, 0.3) is 0 Å². The van der Waals surface area contributed by atoms with E-state index in [0.717, 1.165) is 16.7 Å². The van der Waals surface area contributed by atoms with Gasteiger partial charge in [0.05, 0.1) is 5.54 Å². The molecule has 8 nitrogen and oxygen atoms in total. The van der Waals surface area contributed by atoms with Gasteiger partial charge >= 0.3 is 12.2 Å². The van der Waals surface area contributed by atoms with E-state index in [1.54, 1.807) is 18.2 Å². The van der Waals surface area contributed by atoms with Crippen molar-refractivity contribution >= 4 is 12.2 Å². The molecule has 2 amide bonds. The third-order valence-electron chi connectivity index (χ3n) is 7.15. The van der Waals surface area contributed by atoms with Gasteiger partial charge in [-0.15, -0.1) is 0 Å². The number of carboxylic acid groups (broad SMARTS) is 1. The number of carbonyl (C=O) groups is 2. The highest BCUT2D eigenvalue weighted by Crippen LogP contribution is 2.48. The van der Waals surface area contributed by atoms with E-state index in [2.05, 4.69) is 5.32 Å². The molecule has 2 heterocycles. The third-order valence-corrected chi connectivity index (χ3v) is 7.15. The lowest BCUT2D eigenvalue weighted by atomic mass is 9.93. The fourth-order valence-corrected chi connectivity index (χ4v) is 4.91. The van der Waals surface area contributed by atoms with Gasteiger partial charge in [-0.25, -0.2) is 19.0 Å². The van der Waals surface area contributed by atoms with E-state index in [-0.39, 0.29) is 30.4 Å². The number of likely N-dealkylation sites (tertiary alicyclic amines) is 1. The number of nitrogens with one attached hydrogen (secondary N) is 1. The first-order chi connectivity index (χ1) is 18.2. The highest BCUT2D eigenvalue weighted by atomic mass is 19.1. The molecule has 2 aromatic carbocycles. The number of hydrogen-bond acceptors (Lipinski definition) is 5. The van der Waals surface area contributed by atoms with Crippen molar-refractivity contribution in [1.29, 1.82) is 0 Å². The number of nitrogens with zero attached hydrogens (tertiary/aromatic N) is 2. The number of amides is 2. The summed E-state index contributed by atoms with van der Waals surface area (Å²) in [7, 11) is 0. The Morgan fingerprint density at radius 2 is 1.74 bits per heavy atom. The number of pyridine rings is 1. The van der Waals surface area contributed by atoms with Gasteiger partial charge in [-0.1, -0.05) is 42.5 Å². The van der Waals surface area contributed by atoms with E-state index >= 15 is 0 Å². The summed E-state index contributed by atoms with van der Waals surface area (Å²) in [5.41, 5.74) is 2.43. The van der Waals surface area contributed by atoms with Gasteiger partial charge in [-0.3, -0.25) is 0 Å². The topological polar surface area (TPSA) is 101 Å². The Balaban J connectivity index is 1.32. The van der Waals surface area contributed by atoms with E-state index in [9.17, 15) is 19.1 Å². The minimum Gasteiger partial charge on any atom is -0.474 e. The lowest BCUT2D eigenvalue weighted by Gasteiger charge is -2.27. The van der Waals surface area contributed by atoms with E-state index in [4.69, 9.17) is 14.5 Å². The minimum absolute atomic E-state index is 0.0982. The van der Waals surface area contributed by atoms with Gasteiger partial charge < -0.3 is 24.8 Å². The Morgan fingerprint density at radius 1 is 1.05 bits per heavy atom. The molecule has 0 spiro atoms. The largest absolute Gasteiger partial charge is 0.474 e. The zero-order valence-corrected chi connectivity index (χ0v) is 21.3. The number of halogens is 1. The van der Waals surface area contributed by atoms with E-state index in [1.165, 1.54) is 17.0 Å². The third kappa shape index (κ3) is 5.88. The molecule has 1 aromatic heterocycles. The number of alkyl carbamates (subject to hydrolysis) is 1. The Hall–Kier alpha value is -4.14. The molecule has 1 aliphatic heterocycles. The lowest BCUT2D eigenvalue weighted by Crippen LogP contribution is -2.41. The first kappa shape index (κ1) is 25.5. The molecular formula is C29H30FN3O5. The zero-order valence-electron chi connectivity index (χ0n) is 21.3. The number of aromatic nitrogens is 1. The number of hydrogen-bond donors (Lipinski definition) is 2. The van der Waals surface area contributed by atoms with Crippen LogP contribution in [0.1, 0.15) is 36.2 Å². The second-order valence-corrected chi connectivity index (χ2v) is 10.4. The monoisotopic (exact) mass is 519 g/mol. The van der Waals surface area contributed by atoms with Crippen LogP contribution in [0.15, 0.2) is 66.7 Å². The first-order valence-electron chi connectivity index (χ1n) is 12.6. The maximum atomic E-state index is 13.4. The van der Waals surface area contributed by atoms with Gasteiger partial charge in [-0.05, 0) is 48.7 Å². The summed E-state index contributed by atoms with van der Waals surface area (Å²) in [6.45, 7) is 4.80. The van der Waals surface area contributed by atoms with Crippen molar-refractivity contribution in [3.63, 3.8) is 0 Å². The molecule has 1 saturated carbocycles. The van der Waals surface area contributed by atoms with Gasteiger partial charge in [0, 0.05) is 43.1 Å². The van der Waals surface area contributed by atoms with Crippen molar-refractivity contribution in [2.24, 2.45) is 11.8 Å². The summed E-state index contributed by atoms with van der Waals surface area (Å²) < 4.78 is 25.1. The molecule has 198 valence electrons. The normalized spacial score (nSPS) is 20.0. The maximum Gasteiger partial charge on any atom is 0.408 e. The summed E-state index contributed by atoms with van der Waals surface area (Å²) in [5.74, 6) is 0.398. The van der Waals surface area contributed by atoms with Crippen molar-refractivity contribution in [2.45, 2.75) is 38.5 Å². The summed E-state index contributed by atoms with van der Waals surface area (Å²) in [6.07, 6.45) is -1.11. The molecule has 0 radical (unpaired) electrons. The van der Waals surface area contributed by atoms with Crippen LogP contribution in [-0.2, 0) is 23.3 Å².